The van der Waals surface area contributed by atoms with Gasteiger partial charge in [0.05, 0.1) is 6.54 Å². The van der Waals surface area contributed by atoms with Gasteiger partial charge in [0.1, 0.15) is 5.75 Å². The summed E-state index contributed by atoms with van der Waals surface area (Å²) in [5, 5.41) is 24.4. The normalized spacial score (nSPS) is 13.9. The van der Waals surface area contributed by atoms with Gasteiger partial charge in [0, 0.05) is 34.4 Å². The minimum atomic E-state index is -4.96. The zero-order valence-corrected chi connectivity index (χ0v) is 19.9. The molecule has 0 aliphatic rings. The van der Waals surface area contributed by atoms with E-state index in [-0.39, 0.29) is 16.9 Å². The van der Waals surface area contributed by atoms with Gasteiger partial charge < -0.3 is 20.5 Å². The molecular weight excluding hydrogens is 469 g/mol. The average molecular weight is 497 g/mol. The fourth-order valence-corrected chi connectivity index (χ4v) is 4.51. The van der Waals surface area contributed by atoms with E-state index >= 15 is 0 Å². The number of aromatic amines is 1. The van der Waals surface area contributed by atoms with Gasteiger partial charge in [-0.2, -0.15) is 13.2 Å². The summed E-state index contributed by atoms with van der Waals surface area (Å²) in [6.45, 7) is 2.28. The highest BCUT2D eigenvalue weighted by molar-refractivity contribution is 5.82. The standard InChI is InChI=1S/C28H27F3N2O3/c1-26(2,22-14-19(8-11-25(22)35)18-6-4-3-5-7-18)16-27(36,28(29,30)31)17-33-20-9-10-23-21(15-20)24(34)12-13-32-23/h3-15,33,35-36H,16-17H2,1-2H3,(H,32,34). The maximum absolute atomic E-state index is 14.2. The second kappa shape index (κ2) is 9.35. The number of alkyl halides is 3. The molecule has 4 rings (SSSR count). The largest absolute Gasteiger partial charge is 0.508 e. The number of hydrogen-bond donors (Lipinski definition) is 4. The first-order valence-corrected chi connectivity index (χ1v) is 11.4. The van der Waals surface area contributed by atoms with Gasteiger partial charge in [-0.05, 0) is 53.3 Å². The Morgan fingerprint density at radius 3 is 2.33 bits per heavy atom. The Morgan fingerprint density at radius 2 is 1.64 bits per heavy atom. The van der Waals surface area contributed by atoms with Crippen molar-refractivity contribution in [2.24, 2.45) is 0 Å². The number of aromatic hydroxyl groups is 1. The van der Waals surface area contributed by atoms with Crippen molar-refractivity contribution in [1.29, 1.82) is 0 Å². The molecule has 0 bridgehead atoms. The van der Waals surface area contributed by atoms with Crippen molar-refractivity contribution in [2.75, 3.05) is 11.9 Å². The fourth-order valence-electron chi connectivity index (χ4n) is 4.51. The van der Waals surface area contributed by atoms with Crippen LogP contribution in [0.25, 0.3) is 22.0 Å². The molecule has 0 aliphatic carbocycles. The first-order chi connectivity index (χ1) is 16.9. The van der Waals surface area contributed by atoms with Crippen LogP contribution in [0.4, 0.5) is 18.9 Å². The summed E-state index contributed by atoms with van der Waals surface area (Å²) in [7, 11) is 0. The summed E-state index contributed by atoms with van der Waals surface area (Å²) in [5.41, 5.74) is -1.93. The number of phenolic OH excluding ortho intramolecular Hbond substituents is 1. The lowest BCUT2D eigenvalue weighted by molar-refractivity contribution is -0.260. The molecule has 5 nitrogen and oxygen atoms in total. The number of H-pyrrole nitrogens is 1. The van der Waals surface area contributed by atoms with Crippen molar-refractivity contribution in [1.82, 2.24) is 4.98 Å². The van der Waals surface area contributed by atoms with Crippen LogP contribution in [0, 0.1) is 0 Å². The minimum Gasteiger partial charge on any atom is -0.508 e. The summed E-state index contributed by atoms with van der Waals surface area (Å²) < 4.78 is 42.6. The van der Waals surface area contributed by atoms with Gasteiger partial charge in [-0.3, -0.25) is 4.79 Å². The van der Waals surface area contributed by atoms with Crippen LogP contribution in [0.5, 0.6) is 5.75 Å². The number of anilines is 1. The molecule has 0 saturated heterocycles. The lowest BCUT2D eigenvalue weighted by Crippen LogP contribution is -2.53. The van der Waals surface area contributed by atoms with Crippen molar-refractivity contribution >= 4 is 16.6 Å². The number of pyridine rings is 1. The Labute approximate surface area is 206 Å². The van der Waals surface area contributed by atoms with Crippen molar-refractivity contribution in [3.8, 4) is 16.9 Å². The smallest absolute Gasteiger partial charge is 0.418 e. The SMILES string of the molecule is CC(C)(CC(O)(CNc1ccc2[nH]ccc(=O)c2c1)C(F)(F)F)c1cc(-c2ccccc2)ccc1O. The van der Waals surface area contributed by atoms with Crippen LogP contribution in [0.2, 0.25) is 0 Å². The summed E-state index contributed by atoms with van der Waals surface area (Å²) in [5.74, 6) is -0.147. The number of aliphatic hydroxyl groups is 1. The molecule has 4 aromatic rings. The van der Waals surface area contributed by atoms with Crippen molar-refractivity contribution in [3.05, 3.63) is 94.8 Å². The molecule has 0 saturated carbocycles. The maximum Gasteiger partial charge on any atom is 0.418 e. The monoisotopic (exact) mass is 496 g/mol. The molecule has 188 valence electrons. The molecule has 3 aromatic carbocycles. The summed E-state index contributed by atoms with van der Waals surface area (Å²) in [4.78, 5) is 15.0. The topological polar surface area (TPSA) is 85.4 Å². The van der Waals surface area contributed by atoms with Crippen molar-refractivity contribution < 1.29 is 23.4 Å². The molecule has 36 heavy (non-hydrogen) atoms. The van der Waals surface area contributed by atoms with Crippen LogP contribution in [0.1, 0.15) is 25.8 Å². The molecule has 0 radical (unpaired) electrons. The molecule has 0 fully saturated rings. The number of phenols is 1. The van der Waals surface area contributed by atoms with Crippen LogP contribution in [0.15, 0.2) is 83.8 Å². The van der Waals surface area contributed by atoms with Gasteiger partial charge in [-0.25, -0.2) is 0 Å². The van der Waals surface area contributed by atoms with Crippen LogP contribution in [-0.2, 0) is 5.41 Å². The van der Waals surface area contributed by atoms with E-state index in [9.17, 15) is 28.2 Å². The van der Waals surface area contributed by atoms with Crippen LogP contribution in [-0.4, -0.2) is 33.5 Å². The van der Waals surface area contributed by atoms with Crippen LogP contribution in [0.3, 0.4) is 0 Å². The zero-order valence-electron chi connectivity index (χ0n) is 19.9. The second-order valence-corrected chi connectivity index (χ2v) is 9.64. The average Bonchev–Trinajstić information content (AvgIpc) is 2.83. The van der Waals surface area contributed by atoms with E-state index in [0.717, 1.165) is 11.1 Å². The number of benzene rings is 3. The molecule has 1 heterocycles. The molecule has 0 spiro atoms. The Bertz CT molecular complexity index is 1430. The van der Waals surface area contributed by atoms with E-state index in [1.54, 1.807) is 32.0 Å². The Hall–Kier alpha value is -3.78. The highest BCUT2D eigenvalue weighted by Crippen LogP contribution is 2.44. The summed E-state index contributed by atoms with van der Waals surface area (Å²) >= 11 is 0. The summed E-state index contributed by atoms with van der Waals surface area (Å²) in [6.07, 6.45) is -4.18. The predicted octanol–water partition coefficient (Wildman–Crippen LogP) is 5.97. The van der Waals surface area contributed by atoms with E-state index < -0.39 is 30.2 Å². The third-order valence-corrected chi connectivity index (χ3v) is 6.44. The lowest BCUT2D eigenvalue weighted by Gasteiger charge is -2.38. The Kier molecular flexibility index (Phi) is 6.58. The number of rotatable bonds is 7. The first-order valence-electron chi connectivity index (χ1n) is 11.4. The van der Waals surface area contributed by atoms with Crippen molar-refractivity contribution in [3.63, 3.8) is 0 Å². The van der Waals surface area contributed by atoms with Gasteiger partial charge in [-0.15, -0.1) is 0 Å². The van der Waals surface area contributed by atoms with Crippen LogP contribution < -0.4 is 10.7 Å². The Balaban J connectivity index is 1.63. The minimum absolute atomic E-state index is 0.147. The van der Waals surface area contributed by atoms with Crippen molar-refractivity contribution in [2.45, 2.75) is 37.5 Å². The first kappa shape index (κ1) is 25.3. The molecule has 8 heteroatoms. The third kappa shape index (κ3) is 5.09. The number of aromatic nitrogens is 1. The van der Waals surface area contributed by atoms with E-state index in [4.69, 9.17) is 0 Å². The predicted molar refractivity (Wildman–Crippen MR) is 135 cm³/mol. The molecule has 1 aromatic heterocycles. The van der Waals surface area contributed by atoms with Gasteiger partial charge in [-0.1, -0.05) is 50.2 Å². The number of halogens is 3. The number of fused-ring (bicyclic) bond motifs is 1. The highest BCUT2D eigenvalue weighted by Gasteiger charge is 2.56. The van der Waals surface area contributed by atoms with E-state index in [1.807, 2.05) is 30.3 Å². The molecule has 1 atom stereocenters. The fraction of sp³-hybridized carbons (Fsp3) is 0.250. The lowest BCUT2D eigenvalue weighted by atomic mass is 9.74. The van der Waals surface area contributed by atoms with E-state index in [0.29, 0.717) is 16.5 Å². The van der Waals surface area contributed by atoms with E-state index in [2.05, 4.69) is 10.3 Å². The third-order valence-electron chi connectivity index (χ3n) is 6.44. The zero-order chi connectivity index (χ0) is 26.1. The van der Waals surface area contributed by atoms with Gasteiger partial charge in [0.25, 0.3) is 0 Å². The van der Waals surface area contributed by atoms with E-state index in [1.165, 1.54) is 30.5 Å². The van der Waals surface area contributed by atoms with Gasteiger partial charge in [0.15, 0.2) is 11.0 Å². The van der Waals surface area contributed by atoms with Gasteiger partial charge >= 0.3 is 6.18 Å². The highest BCUT2D eigenvalue weighted by atomic mass is 19.4. The van der Waals surface area contributed by atoms with Gasteiger partial charge in [0.2, 0.25) is 0 Å². The quantitative estimate of drug-likeness (QED) is 0.254. The molecule has 4 N–H and O–H groups in total. The summed E-state index contributed by atoms with van der Waals surface area (Å²) in [6, 6.07) is 20.0. The maximum atomic E-state index is 14.2. The Morgan fingerprint density at radius 1 is 0.917 bits per heavy atom. The molecule has 0 amide bonds. The molecular formula is C28H27F3N2O3. The second-order valence-electron chi connectivity index (χ2n) is 9.64. The number of hydrogen-bond acceptors (Lipinski definition) is 4. The molecule has 0 aliphatic heterocycles. The molecule has 1 unspecified atom stereocenters. The van der Waals surface area contributed by atoms with Crippen LogP contribution >= 0.6 is 0 Å². The number of nitrogens with one attached hydrogen (secondary N) is 2.